The van der Waals surface area contributed by atoms with Crippen LogP contribution in [0.15, 0.2) is 12.1 Å². The van der Waals surface area contributed by atoms with Crippen molar-refractivity contribution in [3.63, 3.8) is 0 Å². The van der Waals surface area contributed by atoms with Crippen LogP contribution < -0.4 is 0 Å². The number of hydrogen-bond donors (Lipinski definition) is 0. The minimum absolute atomic E-state index is 1.16. The maximum Gasteiger partial charge on any atom is 0.222 e. The summed E-state index contributed by atoms with van der Waals surface area (Å²) in [7, 11) is 0. The third-order valence-corrected chi connectivity index (χ3v) is 4.09. The number of benzene rings is 1. The van der Waals surface area contributed by atoms with E-state index >= 15 is 0 Å². The van der Waals surface area contributed by atoms with E-state index in [9.17, 15) is 0 Å². The first-order valence-corrected chi connectivity index (χ1v) is 8.19. The van der Waals surface area contributed by atoms with Crippen LogP contribution in [-0.2, 0) is 25.7 Å². The quantitative estimate of drug-likeness (QED) is 0.494. The Labute approximate surface area is 120 Å². The molecule has 1 radical (unpaired) electrons. The summed E-state index contributed by atoms with van der Waals surface area (Å²) in [5.41, 5.74) is 6.36. The molecule has 91 valence electrons. The Kier molecular flexibility index (Phi) is 7.21. The molecule has 0 aliphatic heterocycles. The smallest absolute Gasteiger partial charge is 0.177 e. The van der Waals surface area contributed by atoms with Gasteiger partial charge in [0, 0.05) is 0 Å². The first-order valence-electron chi connectivity index (χ1n) is 7.19. The number of aryl methyl sites for hydroxylation is 3. The summed E-state index contributed by atoms with van der Waals surface area (Å²) in [6, 6.07) is 4.87. The van der Waals surface area contributed by atoms with E-state index in [0.29, 0.717) is 0 Å². The van der Waals surface area contributed by atoms with Crippen molar-refractivity contribution < 1.29 is 0 Å². The molecule has 0 fully saturated rings. The van der Waals surface area contributed by atoms with Gasteiger partial charge in [0.15, 0.2) is 0 Å². The van der Waals surface area contributed by atoms with Crippen molar-refractivity contribution in [1.82, 2.24) is 0 Å². The average molecular weight is 242 g/mol. The summed E-state index contributed by atoms with van der Waals surface area (Å²) in [4.78, 5) is 0. The predicted molar refractivity (Wildman–Crippen MR) is 78.1 cm³/mol. The molecular weight excluding hydrogens is 216 g/mol. The Bertz CT molecular complexity index is 316. The molecule has 0 bridgehead atoms. The first kappa shape index (κ1) is 15.0. The van der Waals surface area contributed by atoms with E-state index < -0.39 is 0 Å². The molecule has 0 saturated heterocycles. The van der Waals surface area contributed by atoms with E-state index in [-0.39, 0.29) is 0 Å². The van der Waals surface area contributed by atoms with Crippen molar-refractivity contribution in [1.29, 1.82) is 0 Å². The van der Waals surface area contributed by atoms with Gasteiger partial charge in [-0.1, -0.05) is 45.7 Å². The molecule has 0 spiro atoms. The van der Waals surface area contributed by atoms with Crippen molar-refractivity contribution in [3.05, 3.63) is 34.4 Å². The van der Waals surface area contributed by atoms with Crippen LogP contribution in [0.3, 0.4) is 0 Å². The molecule has 0 aliphatic rings. The van der Waals surface area contributed by atoms with E-state index in [0.717, 1.165) is 6.42 Å². The van der Waals surface area contributed by atoms with Crippen LogP contribution in [0.1, 0.15) is 55.9 Å². The Hall–Kier alpha value is -0.0138. The molecule has 0 heterocycles. The topological polar surface area (TPSA) is 0 Å². The molecule has 1 aromatic rings. The van der Waals surface area contributed by atoms with Gasteiger partial charge in [-0.25, -0.2) is 0 Å². The van der Waals surface area contributed by atoms with E-state index in [2.05, 4.69) is 54.6 Å². The Morgan fingerprint density at radius 2 is 1.47 bits per heavy atom. The van der Waals surface area contributed by atoms with Crippen LogP contribution in [0.2, 0.25) is 4.55 Å². The van der Waals surface area contributed by atoms with Crippen molar-refractivity contribution in [3.8, 4) is 0 Å². The second kappa shape index (κ2) is 8.15. The Morgan fingerprint density at radius 3 is 1.88 bits per heavy atom. The van der Waals surface area contributed by atoms with Crippen molar-refractivity contribution in [2.24, 2.45) is 0 Å². The third kappa shape index (κ3) is 4.29. The summed E-state index contributed by atoms with van der Waals surface area (Å²) >= 11 is 2.10. The molecule has 1 heteroatoms. The van der Waals surface area contributed by atoms with Crippen molar-refractivity contribution in [2.45, 2.75) is 63.8 Å². The monoisotopic (exact) mass is 241 g/mol. The van der Waals surface area contributed by atoms with Gasteiger partial charge in [-0.05, 0) is 47.9 Å². The molecule has 0 atom stereocenters. The molecule has 0 aromatic heterocycles. The molecule has 0 N–H and O–H groups in total. The normalized spacial score (nSPS) is 10.7. The largest absolute Gasteiger partial charge is 0.222 e. The van der Waals surface area contributed by atoms with E-state index in [1.807, 2.05) is 0 Å². The molecule has 17 heavy (non-hydrogen) atoms. The molecule has 0 saturated carbocycles. The highest BCUT2D eigenvalue weighted by atomic mass is 24.4. The molecular formula is C16H25Mg. The van der Waals surface area contributed by atoms with Gasteiger partial charge in [-0.3, -0.25) is 0 Å². The zero-order chi connectivity index (χ0) is 12.7. The lowest BCUT2D eigenvalue weighted by molar-refractivity contribution is 0.776. The summed E-state index contributed by atoms with van der Waals surface area (Å²) in [6.07, 6.45) is 7.55. The van der Waals surface area contributed by atoms with E-state index in [1.54, 1.807) is 16.7 Å². The standard InChI is InChI=1S/C16H25.Mg/c1-5-9-10-16-14(7-3)11-13(6-2)12-15(16)8-4;/h11-12H,1,5-10H2,2-4H3;. The van der Waals surface area contributed by atoms with Crippen LogP contribution in [0.5, 0.6) is 0 Å². The molecule has 1 aromatic carbocycles. The highest BCUT2D eigenvalue weighted by molar-refractivity contribution is 6.08. The van der Waals surface area contributed by atoms with Gasteiger partial charge in [0.1, 0.15) is 0 Å². The van der Waals surface area contributed by atoms with E-state index in [4.69, 9.17) is 0 Å². The van der Waals surface area contributed by atoms with Gasteiger partial charge < -0.3 is 0 Å². The highest BCUT2D eigenvalue weighted by Crippen LogP contribution is 2.22. The lowest BCUT2D eigenvalue weighted by atomic mass is 9.91. The van der Waals surface area contributed by atoms with Crippen LogP contribution >= 0.6 is 0 Å². The van der Waals surface area contributed by atoms with Gasteiger partial charge in [0.05, 0.1) is 0 Å². The van der Waals surface area contributed by atoms with Gasteiger partial charge in [0.25, 0.3) is 0 Å². The summed E-state index contributed by atoms with van der Waals surface area (Å²) in [6.45, 7) is 6.84. The van der Waals surface area contributed by atoms with Crippen molar-refractivity contribution in [2.75, 3.05) is 0 Å². The lowest BCUT2D eigenvalue weighted by Gasteiger charge is -2.15. The second-order valence-corrected chi connectivity index (χ2v) is 5.47. The minimum Gasteiger partial charge on any atom is -0.177 e. The lowest BCUT2D eigenvalue weighted by Crippen LogP contribution is -2.01. The second-order valence-electron chi connectivity index (χ2n) is 4.76. The fraction of sp³-hybridized carbons (Fsp3) is 0.625. The Morgan fingerprint density at radius 1 is 0.882 bits per heavy atom. The summed E-state index contributed by atoms with van der Waals surface area (Å²) in [5, 5.41) is 0. The molecule has 0 unspecified atom stereocenters. The predicted octanol–water partition coefficient (Wildman–Crippen LogP) is 4.28. The minimum atomic E-state index is 1.16. The molecule has 1 rings (SSSR count). The molecule has 0 nitrogen and oxygen atoms in total. The zero-order valence-corrected chi connectivity index (χ0v) is 13.2. The summed E-state index contributed by atoms with van der Waals surface area (Å²) in [5.74, 6) is 0. The fourth-order valence-electron chi connectivity index (χ4n) is 2.50. The van der Waals surface area contributed by atoms with Crippen LogP contribution in [0.4, 0.5) is 0 Å². The van der Waals surface area contributed by atoms with E-state index in [1.165, 1.54) is 42.2 Å². The number of hydrogen-bond acceptors (Lipinski definition) is 0. The van der Waals surface area contributed by atoms with Gasteiger partial charge in [-0.2, -0.15) is 4.55 Å². The Balaban J connectivity index is 2.98. The van der Waals surface area contributed by atoms with Gasteiger partial charge in [-0.15, -0.1) is 0 Å². The number of rotatable bonds is 7. The average Bonchev–Trinajstić information content (AvgIpc) is 2.38. The van der Waals surface area contributed by atoms with Crippen LogP contribution in [-0.4, -0.2) is 21.7 Å². The highest BCUT2D eigenvalue weighted by Gasteiger charge is 2.08. The number of unbranched alkanes of at least 4 members (excludes halogenated alkanes) is 1. The zero-order valence-electron chi connectivity index (χ0n) is 11.8. The fourth-order valence-corrected chi connectivity index (χ4v) is 2.86. The van der Waals surface area contributed by atoms with Crippen LogP contribution in [0.25, 0.3) is 0 Å². The maximum absolute atomic E-state index is 2.43. The van der Waals surface area contributed by atoms with Gasteiger partial charge >= 0.3 is 0 Å². The van der Waals surface area contributed by atoms with Gasteiger partial charge in [0.2, 0.25) is 21.7 Å². The third-order valence-electron chi connectivity index (χ3n) is 3.59. The van der Waals surface area contributed by atoms with Crippen LogP contribution in [0, 0.1) is 0 Å². The maximum atomic E-state index is 2.43. The van der Waals surface area contributed by atoms with Crippen molar-refractivity contribution >= 4 is 21.7 Å². The molecule has 0 aliphatic carbocycles. The SMILES string of the molecule is CCc1cc(CC)c(CCC[CH2][Mg])c(CC)c1. The molecule has 0 amide bonds. The first-order chi connectivity index (χ1) is 8.26. The summed E-state index contributed by atoms with van der Waals surface area (Å²) < 4.78 is 1.34.